The van der Waals surface area contributed by atoms with E-state index in [4.69, 9.17) is 4.74 Å². The van der Waals surface area contributed by atoms with Gasteiger partial charge >= 0.3 is 5.97 Å². The molecule has 0 radical (unpaired) electrons. The van der Waals surface area contributed by atoms with Gasteiger partial charge in [-0.05, 0) is 27.7 Å². The fourth-order valence-electron chi connectivity index (χ4n) is 1.32. The van der Waals surface area contributed by atoms with Gasteiger partial charge in [0.1, 0.15) is 5.60 Å². The lowest BCUT2D eigenvalue weighted by Crippen LogP contribution is -2.24. The first-order chi connectivity index (χ1) is 7.28. The molecule has 0 bridgehead atoms. The Bertz CT molecular complexity index is 365. The second-order valence-electron chi connectivity index (χ2n) is 5.02. The van der Waals surface area contributed by atoms with Crippen molar-refractivity contribution in [2.24, 2.45) is 0 Å². The highest BCUT2D eigenvalue weighted by atomic mass is 32.1. The number of esters is 1. The lowest BCUT2D eigenvalue weighted by Gasteiger charge is -2.20. The highest BCUT2D eigenvalue weighted by Gasteiger charge is 2.20. The molecule has 0 amide bonds. The largest absolute Gasteiger partial charge is 0.460 e. The van der Waals surface area contributed by atoms with E-state index in [0.717, 1.165) is 10.7 Å². The maximum absolute atomic E-state index is 11.6. The van der Waals surface area contributed by atoms with Crippen molar-refractivity contribution in [1.29, 1.82) is 0 Å². The Labute approximate surface area is 101 Å². The topological polar surface area (TPSA) is 39.2 Å². The first kappa shape index (κ1) is 13.2. The second-order valence-corrected chi connectivity index (χ2v) is 5.91. The van der Waals surface area contributed by atoms with Crippen LogP contribution in [0.15, 0.2) is 5.38 Å². The predicted octanol–water partition coefficient (Wildman–Crippen LogP) is 3.29. The number of carbonyl (C=O) groups is 1. The number of thiazole rings is 1. The summed E-state index contributed by atoms with van der Waals surface area (Å²) < 4.78 is 5.27. The van der Waals surface area contributed by atoms with E-state index in [1.807, 2.05) is 40.0 Å². The van der Waals surface area contributed by atoms with E-state index in [1.165, 1.54) is 0 Å². The van der Waals surface area contributed by atoms with Crippen molar-refractivity contribution in [3.8, 4) is 0 Å². The smallest absolute Gasteiger partial charge is 0.307 e. The fraction of sp³-hybridized carbons (Fsp3) is 0.667. The molecule has 0 unspecified atom stereocenters. The molecule has 0 aliphatic rings. The van der Waals surface area contributed by atoms with Crippen molar-refractivity contribution < 1.29 is 9.53 Å². The van der Waals surface area contributed by atoms with Gasteiger partial charge in [-0.3, -0.25) is 4.79 Å². The Kier molecular flexibility index (Phi) is 4.08. The molecule has 3 nitrogen and oxygen atoms in total. The monoisotopic (exact) mass is 241 g/mol. The van der Waals surface area contributed by atoms with Crippen molar-refractivity contribution in [3.05, 3.63) is 16.1 Å². The van der Waals surface area contributed by atoms with E-state index < -0.39 is 5.60 Å². The minimum atomic E-state index is -0.407. The fourth-order valence-corrected chi connectivity index (χ4v) is 2.18. The summed E-state index contributed by atoms with van der Waals surface area (Å²) in [5.41, 5.74) is 0.603. The first-order valence-electron chi connectivity index (χ1n) is 5.42. The molecule has 0 saturated heterocycles. The summed E-state index contributed by atoms with van der Waals surface area (Å²) in [6.07, 6.45) is 0.393. The van der Waals surface area contributed by atoms with Crippen LogP contribution in [0.3, 0.4) is 0 Å². The minimum absolute atomic E-state index is 0.133. The van der Waals surface area contributed by atoms with Crippen LogP contribution in [0.5, 0.6) is 0 Å². The van der Waals surface area contributed by atoms with Crippen LogP contribution in [0.4, 0.5) is 0 Å². The highest BCUT2D eigenvalue weighted by Crippen LogP contribution is 2.24. The van der Waals surface area contributed by atoms with Crippen LogP contribution in [-0.2, 0) is 9.53 Å². The Morgan fingerprint density at radius 2 is 2.19 bits per heavy atom. The van der Waals surface area contributed by atoms with Gasteiger partial charge in [0.25, 0.3) is 0 Å². The van der Waals surface area contributed by atoms with E-state index in [1.54, 1.807) is 11.3 Å². The van der Waals surface area contributed by atoms with E-state index in [-0.39, 0.29) is 11.9 Å². The molecule has 0 spiro atoms. The van der Waals surface area contributed by atoms with Crippen molar-refractivity contribution in [2.45, 2.75) is 52.6 Å². The summed E-state index contributed by atoms with van der Waals surface area (Å²) in [6.45, 7) is 9.59. The predicted molar refractivity (Wildman–Crippen MR) is 65.7 cm³/mol. The number of nitrogens with zero attached hydrogens (tertiary/aromatic N) is 1. The highest BCUT2D eigenvalue weighted by molar-refractivity contribution is 7.09. The van der Waals surface area contributed by atoms with Crippen LogP contribution in [-0.4, -0.2) is 16.6 Å². The summed E-state index contributed by atoms with van der Waals surface area (Å²) >= 11 is 1.60. The van der Waals surface area contributed by atoms with Crippen molar-refractivity contribution in [2.75, 3.05) is 0 Å². The molecule has 90 valence electrons. The molecule has 1 rings (SSSR count). The summed E-state index contributed by atoms with van der Waals surface area (Å²) in [7, 11) is 0. The summed E-state index contributed by atoms with van der Waals surface area (Å²) in [4.78, 5) is 16.0. The van der Waals surface area contributed by atoms with Crippen LogP contribution in [0.2, 0.25) is 0 Å². The lowest BCUT2D eigenvalue weighted by molar-refractivity contribution is -0.155. The SMILES string of the molecule is Cc1csc([C@@H](C)CC(=O)OC(C)(C)C)n1. The molecule has 0 N–H and O–H groups in total. The number of ether oxygens (including phenoxy) is 1. The molecule has 1 aromatic rings. The van der Waals surface area contributed by atoms with Gasteiger partial charge in [0.05, 0.1) is 11.4 Å². The third-order valence-corrected chi connectivity index (χ3v) is 3.15. The summed E-state index contributed by atoms with van der Waals surface area (Å²) in [5.74, 6) is -0.0265. The van der Waals surface area contributed by atoms with Crippen LogP contribution in [0.25, 0.3) is 0 Å². The van der Waals surface area contributed by atoms with E-state index in [2.05, 4.69) is 4.98 Å². The van der Waals surface area contributed by atoms with Crippen molar-refractivity contribution >= 4 is 17.3 Å². The zero-order valence-electron chi connectivity index (χ0n) is 10.5. The zero-order chi connectivity index (χ0) is 12.3. The molecular formula is C12H19NO2S. The van der Waals surface area contributed by atoms with Crippen LogP contribution in [0.1, 0.15) is 50.7 Å². The van der Waals surface area contributed by atoms with E-state index in [9.17, 15) is 4.79 Å². The quantitative estimate of drug-likeness (QED) is 0.762. The van der Waals surface area contributed by atoms with Gasteiger partial charge in [-0.1, -0.05) is 6.92 Å². The number of aryl methyl sites for hydroxylation is 1. The number of hydrogen-bond acceptors (Lipinski definition) is 4. The van der Waals surface area contributed by atoms with Gasteiger partial charge in [0, 0.05) is 17.0 Å². The van der Waals surface area contributed by atoms with Crippen LogP contribution < -0.4 is 0 Å². The molecule has 0 saturated carbocycles. The minimum Gasteiger partial charge on any atom is -0.460 e. The molecule has 4 heteroatoms. The maximum Gasteiger partial charge on any atom is 0.307 e. The Morgan fingerprint density at radius 3 is 2.62 bits per heavy atom. The molecule has 0 aliphatic carbocycles. The summed E-state index contributed by atoms with van der Waals surface area (Å²) in [5, 5.41) is 3.00. The zero-order valence-corrected chi connectivity index (χ0v) is 11.4. The average Bonchev–Trinajstić information content (AvgIpc) is 2.47. The number of carbonyl (C=O) groups excluding carboxylic acids is 1. The average molecular weight is 241 g/mol. The number of hydrogen-bond donors (Lipinski definition) is 0. The molecule has 1 aromatic heterocycles. The standard InChI is InChI=1S/C12H19NO2S/c1-8(11-13-9(2)7-16-11)6-10(14)15-12(3,4)5/h7-8H,6H2,1-5H3/t8-/m0/s1. The molecule has 16 heavy (non-hydrogen) atoms. The maximum atomic E-state index is 11.6. The molecule has 1 atom stereocenters. The second kappa shape index (κ2) is 4.95. The van der Waals surface area contributed by atoms with Crippen LogP contribution in [0, 0.1) is 6.92 Å². The van der Waals surface area contributed by atoms with Gasteiger partial charge in [-0.2, -0.15) is 0 Å². The first-order valence-corrected chi connectivity index (χ1v) is 6.30. The third kappa shape index (κ3) is 4.31. The lowest BCUT2D eigenvalue weighted by atomic mass is 10.1. The number of rotatable bonds is 3. The van der Waals surface area contributed by atoms with Gasteiger partial charge < -0.3 is 4.74 Å². The summed E-state index contributed by atoms with van der Waals surface area (Å²) in [6, 6.07) is 0. The van der Waals surface area contributed by atoms with Crippen molar-refractivity contribution in [1.82, 2.24) is 4.98 Å². The van der Waals surface area contributed by atoms with Gasteiger partial charge in [0.2, 0.25) is 0 Å². The molecule has 0 fully saturated rings. The molecule has 0 aliphatic heterocycles. The van der Waals surface area contributed by atoms with Crippen LogP contribution >= 0.6 is 11.3 Å². The molecule has 1 heterocycles. The molecule has 0 aromatic carbocycles. The Hall–Kier alpha value is -0.900. The normalized spacial score (nSPS) is 13.6. The molecular weight excluding hydrogens is 222 g/mol. The third-order valence-electron chi connectivity index (χ3n) is 1.95. The van der Waals surface area contributed by atoms with E-state index >= 15 is 0 Å². The van der Waals surface area contributed by atoms with Crippen molar-refractivity contribution in [3.63, 3.8) is 0 Å². The van der Waals surface area contributed by atoms with Gasteiger partial charge in [-0.15, -0.1) is 11.3 Å². The number of aromatic nitrogens is 1. The van der Waals surface area contributed by atoms with E-state index in [0.29, 0.717) is 6.42 Å². The van der Waals surface area contributed by atoms with Gasteiger partial charge in [0.15, 0.2) is 0 Å². The Balaban J connectivity index is 2.52. The Morgan fingerprint density at radius 1 is 1.56 bits per heavy atom. The van der Waals surface area contributed by atoms with Gasteiger partial charge in [-0.25, -0.2) is 4.98 Å².